The van der Waals surface area contributed by atoms with Crippen LogP contribution in [0.1, 0.15) is 17.5 Å². The molecule has 2 nitrogen and oxygen atoms in total. The standard InChI is InChI=1S/C15H21NO/c1-2-10-17-11-9-16-15-8-7-13-5-3-4-6-14(13)12-15/h2-6,15-16H,1,7-12H2. The van der Waals surface area contributed by atoms with Crippen molar-refractivity contribution in [1.29, 1.82) is 0 Å². The lowest BCUT2D eigenvalue weighted by Crippen LogP contribution is -2.36. The lowest BCUT2D eigenvalue weighted by atomic mass is 9.88. The van der Waals surface area contributed by atoms with Crippen LogP contribution in [0.4, 0.5) is 0 Å². The summed E-state index contributed by atoms with van der Waals surface area (Å²) in [5, 5.41) is 3.56. The maximum absolute atomic E-state index is 5.36. The summed E-state index contributed by atoms with van der Waals surface area (Å²) < 4.78 is 5.36. The maximum Gasteiger partial charge on any atom is 0.0645 e. The van der Waals surface area contributed by atoms with E-state index in [1.165, 1.54) is 24.0 Å². The summed E-state index contributed by atoms with van der Waals surface area (Å²) in [6.07, 6.45) is 5.37. The number of nitrogens with one attached hydrogen (secondary N) is 1. The maximum atomic E-state index is 5.36. The van der Waals surface area contributed by atoms with Gasteiger partial charge in [-0.05, 0) is 30.4 Å². The first kappa shape index (κ1) is 12.3. The van der Waals surface area contributed by atoms with E-state index in [9.17, 15) is 0 Å². The Hall–Kier alpha value is -1.12. The van der Waals surface area contributed by atoms with Gasteiger partial charge >= 0.3 is 0 Å². The Kier molecular flexibility index (Phi) is 4.77. The van der Waals surface area contributed by atoms with Crippen molar-refractivity contribution in [2.24, 2.45) is 0 Å². The van der Waals surface area contributed by atoms with Crippen LogP contribution in [0.25, 0.3) is 0 Å². The first-order valence-corrected chi connectivity index (χ1v) is 6.39. The SMILES string of the molecule is C=CCOCCNC1CCc2ccccc2C1. The second-order valence-corrected chi connectivity index (χ2v) is 4.53. The molecule has 92 valence electrons. The van der Waals surface area contributed by atoms with Gasteiger partial charge in [0.25, 0.3) is 0 Å². The fourth-order valence-corrected chi connectivity index (χ4v) is 2.37. The fraction of sp³-hybridized carbons (Fsp3) is 0.467. The van der Waals surface area contributed by atoms with Crippen molar-refractivity contribution in [3.8, 4) is 0 Å². The lowest BCUT2D eigenvalue weighted by Gasteiger charge is -2.25. The van der Waals surface area contributed by atoms with Crippen molar-refractivity contribution in [1.82, 2.24) is 5.32 Å². The predicted molar refractivity (Wildman–Crippen MR) is 71.3 cm³/mol. The Morgan fingerprint density at radius 1 is 1.35 bits per heavy atom. The summed E-state index contributed by atoms with van der Waals surface area (Å²) in [5.41, 5.74) is 3.02. The fourth-order valence-electron chi connectivity index (χ4n) is 2.37. The molecule has 0 bridgehead atoms. The molecular weight excluding hydrogens is 210 g/mol. The van der Waals surface area contributed by atoms with Gasteiger partial charge in [-0.2, -0.15) is 0 Å². The van der Waals surface area contributed by atoms with E-state index in [1.54, 1.807) is 6.08 Å². The van der Waals surface area contributed by atoms with Crippen LogP contribution in [0.2, 0.25) is 0 Å². The van der Waals surface area contributed by atoms with Crippen LogP contribution < -0.4 is 5.32 Å². The highest BCUT2D eigenvalue weighted by molar-refractivity contribution is 5.30. The number of ether oxygens (including phenoxy) is 1. The minimum atomic E-state index is 0.609. The van der Waals surface area contributed by atoms with Crippen molar-refractivity contribution in [3.63, 3.8) is 0 Å². The van der Waals surface area contributed by atoms with E-state index in [1.807, 2.05) is 0 Å². The molecule has 1 atom stereocenters. The van der Waals surface area contributed by atoms with E-state index in [-0.39, 0.29) is 0 Å². The molecule has 17 heavy (non-hydrogen) atoms. The summed E-state index contributed by atoms with van der Waals surface area (Å²) in [6.45, 7) is 5.98. The summed E-state index contributed by atoms with van der Waals surface area (Å²) in [4.78, 5) is 0. The molecule has 0 saturated carbocycles. The van der Waals surface area contributed by atoms with Crippen LogP contribution in [-0.2, 0) is 17.6 Å². The normalized spacial score (nSPS) is 18.7. The first-order chi connectivity index (χ1) is 8.40. The number of rotatable bonds is 6. The molecular formula is C15H21NO. The Labute approximate surface area is 104 Å². The highest BCUT2D eigenvalue weighted by Crippen LogP contribution is 2.20. The van der Waals surface area contributed by atoms with Crippen molar-refractivity contribution in [3.05, 3.63) is 48.0 Å². The molecule has 0 spiro atoms. The van der Waals surface area contributed by atoms with Crippen LogP contribution in [0.15, 0.2) is 36.9 Å². The smallest absolute Gasteiger partial charge is 0.0645 e. The van der Waals surface area contributed by atoms with Gasteiger partial charge in [-0.25, -0.2) is 0 Å². The highest BCUT2D eigenvalue weighted by Gasteiger charge is 2.16. The molecule has 0 aromatic heterocycles. The van der Waals surface area contributed by atoms with Gasteiger partial charge in [0.15, 0.2) is 0 Å². The van der Waals surface area contributed by atoms with Crippen molar-refractivity contribution in [2.45, 2.75) is 25.3 Å². The number of fused-ring (bicyclic) bond motifs is 1. The minimum absolute atomic E-state index is 0.609. The van der Waals surface area contributed by atoms with Gasteiger partial charge < -0.3 is 10.1 Å². The summed E-state index contributed by atoms with van der Waals surface area (Å²) >= 11 is 0. The Balaban J connectivity index is 1.73. The third kappa shape index (κ3) is 3.69. The van der Waals surface area contributed by atoms with E-state index in [2.05, 4.69) is 36.2 Å². The summed E-state index contributed by atoms with van der Waals surface area (Å²) in [6, 6.07) is 9.37. The zero-order chi connectivity index (χ0) is 11.9. The van der Waals surface area contributed by atoms with Crippen molar-refractivity contribution < 1.29 is 4.74 Å². The van der Waals surface area contributed by atoms with E-state index < -0.39 is 0 Å². The van der Waals surface area contributed by atoms with Gasteiger partial charge in [0, 0.05) is 12.6 Å². The van der Waals surface area contributed by atoms with Crippen LogP contribution in [0.3, 0.4) is 0 Å². The zero-order valence-electron chi connectivity index (χ0n) is 10.3. The number of hydrogen-bond acceptors (Lipinski definition) is 2. The average molecular weight is 231 g/mol. The third-order valence-electron chi connectivity index (χ3n) is 3.26. The van der Waals surface area contributed by atoms with Crippen molar-refractivity contribution >= 4 is 0 Å². The molecule has 1 N–H and O–H groups in total. The van der Waals surface area contributed by atoms with E-state index in [0.29, 0.717) is 12.6 Å². The predicted octanol–water partition coefficient (Wildman–Crippen LogP) is 2.34. The molecule has 0 fully saturated rings. The Morgan fingerprint density at radius 2 is 2.18 bits per heavy atom. The molecule has 2 heteroatoms. The van der Waals surface area contributed by atoms with E-state index in [0.717, 1.165) is 19.6 Å². The molecule has 0 radical (unpaired) electrons. The molecule has 1 aromatic carbocycles. The van der Waals surface area contributed by atoms with Crippen LogP contribution >= 0.6 is 0 Å². The van der Waals surface area contributed by atoms with Crippen LogP contribution in [0, 0.1) is 0 Å². The topological polar surface area (TPSA) is 21.3 Å². The van der Waals surface area contributed by atoms with Crippen LogP contribution in [0.5, 0.6) is 0 Å². The zero-order valence-corrected chi connectivity index (χ0v) is 10.3. The van der Waals surface area contributed by atoms with Gasteiger partial charge in [-0.1, -0.05) is 30.3 Å². The summed E-state index contributed by atoms with van der Waals surface area (Å²) in [5.74, 6) is 0. The molecule has 1 aliphatic carbocycles. The highest BCUT2D eigenvalue weighted by atomic mass is 16.5. The number of benzene rings is 1. The van der Waals surface area contributed by atoms with Gasteiger partial charge in [-0.15, -0.1) is 6.58 Å². The van der Waals surface area contributed by atoms with Gasteiger partial charge in [0.1, 0.15) is 0 Å². The van der Waals surface area contributed by atoms with Crippen molar-refractivity contribution in [2.75, 3.05) is 19.8 Å². The number of aryl methyl sites for hydroxylation is 1. The molecule has 1 aromatic rings. The minimum Gasteiger partial charge on any atom is -0.376 e. The molecule has 1 unspecified atom stereocenters. The largest absolute Gasteiger partial charge is 0.376 e. The molecule has 0 amide bonds. The quantitative estimate of drug-likeness (QED) is 0.599. The Morgan fingerprint density at radius 3 is 3.00 bits per heavy atom. The van der Waals surface area contributed by atoms with Crippen LogP contribution in [-0.4, -0.2) is 25.8 Å². The van der Waals surface area contributed by atoms with Gasteiger partial charge in [-0.3, -0.25) is 0 Å². The average Bonchev–Trinajstić information content (AvgIpc) is 2.38. The van der Waals surface area contributed by atoms with Gasteiger partial charge in [0.05, 0.1) is 13.2 Å². The molecule has 0 heterocycles. The number of hydrogen-bond donors (Lipinski definition) is 1. The summed E-state index contributed by atoms with van der Waals surface area (Å²) in [7, 11) is 0. The first-order valence-electron chi connectivity index (χ1n) is 6.39. The molecule has 0 aliphatic heterocycles. The van der Waals surface area contributed by atoms with E-state index in [4.69, 9.17) is 4.74 Å². The second-order valence-electron chi connectivity index (χ2n) is 4.53. The Bertz CT molecular complexity index is 362. The third-order valence-corrected chi connectivity index (χ3v) is 3.26. The monoisotopic (exact) mass is 231 g/mol. The van der Waals surface area contributed by atoms with E-state index >= 15 is 0 Å². The molecule has 0 saturated heterocycles. The molecule has 1 aliphatic rings. The second kappa shape index (κ2) is 6.58. The molecule has 2 rings (SSSR count). The van der Waals surface area contributed by atoms with Gasteiger partial charge in [0.2, 0.25) is 0 Å². The lowest BCUT2D eigenvalue weighted by molar-refractivity contribution is 0.160.